The lowest BCUT2D eigenvalue weighted by Crippen LogP contribution is -2.66. The van der Waals surface area contributed by atoms with E-state index in [0.29, 0.717) is 6.61 Å². The van der Waals surface area contributed by atoms with Crippen molar-refractivity contribution in [3.8, 4) is 0 Å². The summed E-state index contributed by atoms with van der Waals surface area (Å²) in [5.74, 6) is 0. The molecule has 0 saturated carbocycles. The molecule has 0 radical (unpaired) electrons. The fourth-order valence-electron chi connectivity index (χ4n) is 3.26. The molecule has 1 aromatic heterocycles. The second-order valence-electron chi connectivity index (χ2n) is 6.88. The number of nitrogens with zero attached hydrogens (tertiary/aromatic N) is 1. The lowest BCUT2D eigenvalue weighted by Gasteiger charge is -2.42. The largest absolute Gasteiger partial charge is 0.401 e. The van der Waals surface area contributed by atoms with Crippen LogP contribution in [-0.2, 0) is 11.0 Å². The molecular formula is C20H23NOSSi. The molecule has 0 spiro atoms. The predicted molar refractivity (Wildman–Crippen MR) is 105 cm³/mol. The van der Waals surface area contributed by atoms with Crippen LogP contribution in [0.5, 0.6) is 0 Å². The molecule has 2 nitrogen and oxygen atoms in total. The second-order valence-corrected chi connectivity index (χ2v) is 12.2. The van der Waals surface area contributed by atoms with Crippen molar-refractivity contribution in [2.24, 2.45) is 0 Å². The van der Waals surface area contributed by atoms with Crippen LogP contribution in [-0.4, -0.2) is 13.3 Å². The Morgan fingerprint density at radius 3 is 1.88 bits per heavy atom. The van der Waals surface area contributed by atoms with E-state index in [1.54, 1.807) is 11.3 Å². The van der Waals surface area contributed by atoms with Gasteiger partial charge in [-0.15, -0.1) is 11.3 Å². The van der Waals surface area contributed by atoms with Gasteiger partial charge in [-0.05, 0) is 15.4 Å². The summed E-state index contributed by atoms with van der Waals surface area (Å²) in [7, 11) is -2.44. The van der Waals surface area contributed by atoms with Crippen molar-refractivity contribution >= 4 is 30.0 Å². The molecule has 3 aromatic rings. The Kier molecular flexibility index (Phi) is 4.99. The summed E-state index contributed by atoms with van der Waals surface area (Å²) in [6, 6.07) is 21.4. The van der Waals surface area contributed by atoms with Crippen molar-refractivity contribution in [2.45, 2.75) is 32.4 Å². The first kappa shape index (κ1) is 17.1. The molecule has 0 fully saturated rings. The number of thiazole rings is 1. The van der Waals surface area contributed by atoms with Gasteiger partial charge in [0.15, 0.2) is 0 Å². The Morgan fingerprint density at radius 2 is 1.46 bits per heavy atom. The van der Waals surface area contributed by atoms with Gasteiger partial charge in [-0.25, -0.2) is 4.98 Å². The highest BCUT2D eigenvalue weighted by molar-refractivity contribution is 7.09. The first-order valence-electron chi connectivity index (χ1n) is 8.17. The minimum absolute atomic E-state index is 0.00691. The van der Waals surface area contributed by atoms with E-state index in [4.69, 9.17) is 4.43 Å². The summed E-state index contributed by atoms with van der Waals surface area (Å²) in [5, 5.41) is 5.65. The molecule has 0 bridgehead atoms. The van der Waals surface area contributed by atoms with Gasteiger partial charge < -0.3 is 4.43 Å². The normalized spacial score (nSPS) is 12.3. The van der Waals surface area contributed by atoms with Crippen LogP contribution >= 0.6 is 11.3 Å². The smallest absolute Gasteiger partial charge is 0.261 e. The van der Waals surface area contributed by atoms with Gasteiger partial charge in [-0.3, -0.25) is 0 Å². The maximum atomic E-state index is 6.80. The number of hydrogen-bond donors (Lipinski definition) is 0. The van der Waals surface area contributed by atoms with Gasteiger partial charge in [0.25, 0.3) is 8.32 Å². The Balaban J connectivity index is 2.13. The number of aromatic nitrogens is 1. The van der Waals surface area contributed by atoms with Crippen LogP contribution in [0.15, 0.2) is 72.2 Å². The summed E-state index contributed by atoms with van der Waals surface area (Å²) in [6.45, 7) is 7.44. The van der Waals surface area contributed by atoms with E-state index in [0.717, 1.165) is 5.01 Å². The zero-order valence-electron chi connectivity index (χ0n) is 14.4. The van der Waals surface area contributed by atoms with Gasteiger partial charge in [-0.2, -0.15) is 0 Å². The van der Waals surface area contributed by atoms with E-state index in [-0.39, 0.29) is 5.04 Å². The average Bonchev–Trinajstić information content (AvgIpc) is 3.10. The van der Waals surface area contributed by atoms with Crippen LogP contribution in [0.2, 0.25) is 5.04 Å². The highest BCUT2D eigenvalue weighted by Crippen LogP contribution is 2.37. The van der Waals surface area contributed by atoms with Crippen LogP contribution in [0.3, 0.4) is 0 Å². The molecule has 0 aliphatic carbocycles. The standard InChI is InChI=1S/C20H23NOSSi/c1-20(2,3)24(17-10-6-4-7-11-17,18-12-8-5-9-13-18)22-16-19-21-14-15-23-19/h4-15H,16H2,1-3H3. The summed E-state index contributed by atoms with van der Waals surface area (Å²) >= 11 is 1.65. The second kappa shape index (κ2) is 7.01. The quantitative estimate of drug-likeness (QED) is 0.641. The molecule has 4 heteroatoms. The van der Waals surface area contributed by atoms with Gasteiger partial charge in [0.1, 0.15) is 5.01 Å². The molecule has 2 aromatic carbocycles. The van der Waals surface area contributed by atoms with Crippen molar-refractivity contribution in [2.75, 3.05) is 0 Å². The summed E-state index contributed by atoms with van der Waals surface area (Å²) in [6.07, 6.45) is 1.84. The maximum Gasteiger partial charge on any atom is 0.261 e. The first-order valence-corrected chi connectivity index (χ1v) is 11.0. The molecule has 0 atom stereocenters. The Morgan fingerprint density at radius 1 is 0.917 bits per heavy atom. The maximum absolute atomic E-state index is 6.80. The van der Waals surface area contributed by atoms with Gasteiger partial charge in [0.05, 0.1) is 6.61 Å². The van der Waals surface area contributed by atoms with Crippen LogP contribution in [0.4, 0.5) is 0 Å². The molecule has 1 heterocycles. The molecule has 0 N–H and O–H groups in total. The fraction of sp³-hybridized carbons (Fsp3) is 0.250. The van der Waals surface area contributed by atoms with Crippen LogP contribution in [0.25, 0.3) is 0 Å². The molecule has 0 unspecified atom stereocenters. The van der Waals surface area contributed by atoms with E-state index in [2.05, 4.69) is 86.4 Å². The van der Waals surface area contributed by atoms with Crippen LogP contribution in [0.1, 0.15) is 25.8 Å². The van der Waals surface area contributed by atoms with Crippen LogP contribution < -0.4 is 10.4 Å². The lowest BCUT2D eigenvalue weighted by molar-refractivity contribution is 0.285. The summed E-state index contributed by atoms with van der Waals surface area (Å²) in [5.41, 5.74) is 0. The first-order chi connectivity index (χ1) is 11.5. The highest BCUT2D eigenvalue weighted by atomic mass is 32.1. The van der Waals surface area contributed by atoms with Crippen molar-refractivity contribution in [3.63, 3.8) is 0 Å². The third kappa shape index (κ3) is 3.22. The Bertz CT molecular complexity index is 712. The SMILES string of the molecule is CC(C)(C)[Si](OCc1nccs1)(c1ccccc1)c1ccccc1. The minimum Gasteiger partial charge on any atom is -0.401 e. The van der Waals surface area contributed by atoms with E-state index in [1.165, 1.54) is 10.4 Å². The number of hydrogen-bond acceptors (Lipinski definition) is 3. The van der Waals surface area contributed by atoms with Crippen molar-refractivity contribution in [3.05, 3.63) is 77.2 Å². The molecule has 0 amide bonds. The molecule has 0 aliphatic heterocycles. The van der Waals surface area contributed by atoms with Crippen molar-refractivity contribution in [1.29, 1.82) is 0 Å². The third-order valence-electron chi connectivity index (χ3n) is 4.31. The van der Waals surface area contributed by atoms with E-state index >= 15 is 0 Å². The topological polar surface area (TPSA) is 22.1 Å². The molecule has 0 aliphatic rings. The predicted octanol–water partition coefficient (Wildman–Crippen LogP) is 4.22. The highest BCUT2D eigenvalue weighted by Gasteiger charge is 2.50. The third-order valence-corrected chi connectivity index (χ3v) is 10.0. The number of benzene rings is 2. The zero-order valence-corrected chi connectivity index (χ0v) is 16.2. The van der Waals surface area contributed by atoms with Crippen molar-refractivity contribution < 1.29 is 4.43 Å². The van der Waals surface area contributed by atoms with Crippen molar-refractivity contribution in [1.82, 2.24) is 4.98 Å². The zero-order chi connectivity index (χ0) is 17.0. The van der Waals surface area contributed by atoms with E-state index < -0.39 is 8.32 Å². The minimum atomic E-state index is -2.44. The van der Waals surface area contributed by atoms with Gasteiger partial charge >= 0.3 is 0 Å². The molecular weight excluding hydrogens is 330 g/mol. The van der Waals surface area contributed by atoms with Gasteiger partial charge in [-0.1, -0.05) is 81.4 Å². The fourth-order valence-corrected chi connectivity index (χ4v) is 8.40. The monoisotopic (exact) mass is 353 g/mol. The van der Waals surface area contributed by atoms with E-state index in [9.17, 15) is 0 Å². The summed E-state index contributed by atoms with van der Waals surface area (Å²) < 4.78 is 6.80. The Hall–Kier alpha value is -1.75. The molecule has 3 rings (SSSR count). The van der Waals surface area contributed by atoms with E-state index in [1.807, 2.05) is 11.6 Å². The lowest BCUT2D eigenvalue weighted by atomic mass is 10.2. The molecule has 24 heavy (non-hydrogen) atoms. The molecule has 124 valence electrons. The van der Waals surface area contributed by atoms with Gasteiger partial charge in [0, 0.05) is 11.6 Å². The van der Waals surface area contributed by atoms with Gasteiger partial charge in [0.2, 0.25) is 0 Å². The number of rotatable bonds is 5. The summed E-state index contributed by atoms with van der Waals surface area (Å²) in [4.78, 5) is 4.40. The molecule has 0 saturated heterocycles. The average molecular weight is 354 g/mol. The van der Waals surface area contributed by atoms with Crippen LogP contribution in [0, 0.1) is 0 Å². The Labute approximate surface area is 149 Å².